The Kier molecular flexibility index (Phi) is 4.55. The Labute approximate surface area is 172 Å². The van der Waals surface area contributed by atoms with Crippen molar-refractivity contribution in [1.82, 2.24) is 34.6 Å². The van der Waals surface area contributed by atoms with Crippen LogP contribution in [0, 0.1) is 0 Å². The van der Waals surface area contributed by atoms with Crippen molar-refractivity contribution < 1.29 is 9.32 Å². The summed E-state index contributed by atoms with van der Waals surface area (Å²) in [5.74, 6) is 0.820. The normalized spacial score (nSPS) is 18.6. The van der Waals surface area contributed by atoms with E-state index in [1.165, 1.54) is 0 Å². The molecule has 0 aromatic carbocycles. The van der Waals surface area contributed by atoms with E-state index in [2.05, 4.69) is 25.1 Å². The summed E-state index contributed by atoms with van der Waals surface area (Å²) in [5, 5.41) is 4.15. The summed E-state index contributed by atoms with van der Waals surface area (Å²) >= 11 is 0. The quantitative estimate of drug-likeness (QED) is 0.517. The Hall–Kier alpha value is -3.88. The summed E-state index contributed by atoms with van der Waals surface area (Å²) in [6, 6.07) is 7.58. The van der Waals surface area contributed by atoms with Crippen LogP contribution in [0.25, 0.3) is 11.4 Å². The molecule has 5 rings (SSSR count). The number of likely N-dealkylation sites (tertiary alicyclic amines) is 1. The third kappa shape index (κ3) is 3.24. The van der Waals surface area contributed by atoms with Crippen LogP contribution >= 0.6 is 0 Å². The van der Waals surface area contributed by atoms with Crippen LogP contribution in [0.3, 0.4) is 0 Å². The zero-order chi connectivity index (χ0) is 20.5. The van der Waals surface area contributed by atoms with E-state index < -0.39 is 0 Å². The lowest BCUT2D eigenvalue weighted by Crippen LogP contribution is -2.30. The monoisotopic (exact) mass is 401 g/mol. The van der Waals surface area contributed by atoms with Crippen molar-refractivity contribution in [3.05, 3.63) is 78.7 Å². The highest BCUT2D eigenvalue weighted by atomic mass is 16.5. The highest BCUT2D eigenvalue weighted by Crippen LogP contribution is 2.39. The lowest BCUT2D eigenvalue weighted by molar-refractivity contribution is 0.0778. The van der Waals surface area contributed by atoms with Crippen molar-refractivity contribution in [3.8, 4) is 11.4 Å². The third-order valence-corrected chi connectivity index (χ3v) is 5.45. The minimum atomic E-state index is -0.130. The van der Waals surface area contributed by atoms with Crippen LogP contribution in [0.1, 0.15) is 33.8 Å². The number of hydrogen-bond donors (Lipinski definition) is 0. The average molecular weight is 401 g/mol. The number of nitrogens with zero attached hydrogens (tertiary/aromatic N) is 7. The minimum absolute atomic E-state index is 0.00150. The van der Waals surface area contributed by atoms with Crippen LogP contribution in [0.5, 0.6) is 0 Å². The van der Waals surface area contributed by atoms with Crippen LogP contribution in [0.2, 0.25) is 0 Å². The van der Waals surface area contributed by atoms with E-state index in [0.29, 0.717) is 30.5 Å². The number of carbonyl (C=O) groups is 1. The van der Waals surface area contributed by atoms with Gasteiger partial charge in [0.05, 0.1) is 18.4 Å². The number of imidazole rings is 1. The lowest BCUT2D eigenvalue weighted by Gasteiger charge is -2.16. The molecule has 0 aliphatic carbocycles. The maximum Gasteiger partial charge on any atom is 0.272 e. The van der Waals surface area contributed by atoms with Crippen LogP contribution in [-0.4, -0.2) is 53.6 Å². The highest BCUT2D eigenvalue weighted by molar-refractivity contribution is 5.92. The molecule has 9 nitrogen and oxygen atoms in total. The molecule has 0 spiro atoms. The van der Waals surface area contributed by atoms with Gasteiger partial charge in [-0.2, -0.15) is 4.98 Å². The summed E-state index contributed by atoms with van der Waals surface area (Å²) in [6.07, 6.45) is 10.2. The van der Waals surface area contributed by atoms with Crippen molar-refractivity contribution in [2.24, 2.45) is 7.05 Å². The summed E-state index contributed by atoms with van der Waals surface area (Å²) < 4.78 is 7.36. The molecule has 0 radical (unpaired) electrons. The average Bonchev–Trinajstić information content (AvgIpc) is 3.53. The predicted octanol–water partition coefficient (Wildman–Crippen LogP) is 2.28. The summed E-state index contributed by atoms with van der Waals surface area (Å²) in [7, 11) is 1.81. The Balaban J connectivity index is 1.48. The maximum atomic E-state index is 13.1. The smallest absolute Gasteiger partial charge is 0.272 e. The highest BCUT2D eigenvalue weighted by Gasteiger charge is 2.41. The Morgan fingerprint density at radius 1 is 1.03 bits per heavy atom. The van der Waals surface area contributed by atoms with E-state index in [1.54, 1.807) is 35.7 Å². The number of carbonyl (C=O) groups excluding carboxylic acids is 1. The van der Waals surface area contributed by atoms with E-state index in [-0.39, 0.29) is 17.7 Å². The molecule has 4 aromatic heterocycles. The molecule has 1 amide bonds. The van der Waals surface area contributed by atoms with Crippen LogP contribution in [0.4, 0.5) is 0 Å². The van der Waals surface area contributed by atoms with Gasteiger partial charge in [-0.3, -0.25) is 14.8 Å². The second kappa shape index (κ2) is 7.51. The molecule has 1 fully saturated rings. The molecular formula is C21H19N7O2. The zero-order valence-corrected chi connectivity index (χ0v) is 16.3. The molecule has 1 saturated heterocycles. The number of rotatable bonds is 4. The van der Waals surface area contributed by atoms with Gasteiger partial charge in [0.2, 0.25) is 11.7 Å². The van der Waals surface area contributed by atoms with Crippen molar-refractivity contribution in [3.63, 3.8) is 0 Å². The minimum Gasteiger partial charge on any atom is -0.339 e. The first kappa shape index (κ1) is 18.2. The van der Waals surface area contributed by atoms with Crippen molar-refractivity contribution in [1.29, 1.82) is 0 Å². The van der Waals surface area contributed by atoms with Crippen LogP contribution in [0.15, 0.2) is 66.1 Å². The molecule has 0 unspecified atom stereocenters. The van der Waals surface area contributed by atoms with E-state index in [9.17, 15) is 4.79 Å². The molecule has 0 saturated carbocycles. The first-order chi connectivity index (χ1) is 14.7. The molecule has 2 atom stereocenters. The molecule has 30 heavy (non-hydrogen) atoms. The molecule has 1 aliphatic heterocycles. The fourth-order valence-electron chi connectivity index (χ4n) is 3.88. The standard InChI is InChI=1S/C21H19N7O2/c1-27-13-24-10-18(27)21(29)28-11-16(15-3-2-6-23-9-15)17(12-28)20-25-19(26-30-20)14-4-7-22-8-5-14/h2-10,13,16-17H,11-12H2,1H3/t16-,17+/m0/s1. The molecule has 0 N–H and O–H groups in total. The fraction of sp³-hybridized carbons (Fsp3) is 0.238. The second-order valence-electron chi connectivity index (χ2n) is 7.29. The van der Waals surface area contributed by atoms with Crippen molar-refractivity contribution in [2.75, 3.05) is 13.1 Å². The van der Waals surface area contributed by atoms with Gasteiger partial charge in [-0.15, -0.1) is 0 Å². The molecule has 9 heteroatoms. The van der Waals surface area contributed by atoms with Gasteiger partial charge in [-0.1, -0.05) is 11.2 Å². The maximum absolute atomic E-state index is 13.1. The summed E-state index contributed by atoms with van der Waals surface area (Å²) in [4.78, 5) is 31.9. The number of amides is 1. The third-order valence-electron chi connectivity index (χ3n) is 5.45. The lowest BCUT2D eigenvalue weighted by atomic mass is 9.90. The van der Waals surface area contributed by atoms with Crippen molar-refractivity contribution in [2.45, 2.75) is 11.8 Å². The molecule has 1 aliphatic rings. The van der Waals surface area contributed by atoms with Crippen molar-refractivity contribution >= 4 is 5.91 Å². The van der Waals surface area contributed by atoms with Gasteiger partial charge >= 0.3 is 0 Å². The first-order valence-corrected chi connectivity index (χ1v) is 9.60. The van der Waals surface area contributed by atoms with Gasteiger partial charge in [-0.05, 0) is 23.8 Å². The molecule has 150 valence electrons. The number of hydrogen-bond acceptors (Lipinski definition) is 7. The van der Waals surface area contributed by atoms with Gasteiger partial charge in [0.1, 0.15) is 5.69 Å². The Morgan fingerprint density at radius 3 is 2.60 bits per heavy atom. The predicted molar refractivity (Wildman–Crippen MR) is 106 cm³/mol. The molecule has 5 heterocycles. The van der Waals surface area contributed by atoms with E-state index in [1.807, 2.05) is 42.4 Å². The Bertz CT molecular complexity index is 1160. The number of pyridine rings is 2. The van der Waals surface area contributed by atoms with Gasteiger partial charge < -0.3 is 14.0 Å². The largest absolute Gasteiger partial charge is 0.339 e. The Morgan fingerprint density at radius 2 is 1.87 bits per heavy atom. The summed E-state index contributed by atoms with van der Waals surface area (Å²) in [6.45, 7) is 1.01. The molecule has 4 aromatic rings. The van der Waals surface area contributed by atoms with Gasteiger partial charge in [0.25, 0.3) is 5.91 Å². The van der Waals surface area contributed by atoms with Crippen LogP contribution < -0.4 is 0 Å². The van der Waals surface area contributed by atoms with E-state index in [4.69, 9.17) is 4.52 Å². The first-order valence-electron chi connectivity index (χ1n) is 9.60. The van der Waals surface area contributed by atoms with Gasteiger partial charge in [0, 0.05) is 56.4 Å². The second-order valence-corrected chi connectivity index (χ2v) is 7.29. The molecular weight excluding hydrogens is 382 g/mol. The van der Waals surface area contributed by atoms with E-state index in [0.717, 1.165) is 11.1 Å². The number of aromatic nitrogens is 6. The fourth-order valence-corrected chi connectivity index (χ4v) is 3.88. The van der Waals surface area contributed by atoms with Crippen LogP contribution in [-0.2, 0) is 7.05 Å². The topological polar surface area (TPSA) is 103 Å². The number of aryl methyl sites for hydroxylation is 1. The van der Waals surface area contributed by atoms with Gasteiger partial charge in [-0.25, -0.2) is 4.98 Å². The van der Waals surface area contributed by atoms with E-state index >= 15 is 0 Å². The molecule has 0 bridgehead atoms. The zero-order valence-electron chi connectivity index (χ0n) is 16.3. The SMILES string of the molecule is Cn1cncc1C(=O)N1C[C@@H](c2cccnc2)[C@H](c2nc(-c3ccncc3)no2)C1. The van der Waals surface area contributed by atoms with Gasteiger partial charge in [0.15, 0.2) is 0 Å². The summed E-state index contributed by atoms with van der Waals surface area (Å²) in [5.41, 5.74) is 2.41.